The van der Waals surface area contributed by atoms with E-state index in [9.17, 15) is 45.6 Å². The largest absolute Gasteiger partial charge is 0.264 e. The first-order chi connectivity index (χ1) is 55.4. The summed E-state index contributed by atoms with van der Waals surface area (Å²) in [6.07, 6.45) is 6.69. The zero-order chi connectivity index (χ0) is 98.7. The van der Waals surface area contributed by atoms with E-state index in [4.69, 9.17) is 0 Å². The maximum atomic E-state index is 13.9. The molecule has 0 spiro atoms. The molecule has 0 bridgehead atoms. The van der Waals surface area contributed by atoms with Crippen LogP contribution in [-0.4, -0.2) is 29.9 Å². The Kier molecular flexibility index (Phi) is 38.5. The summed E-state index contributed by atoms with van der Waals surface area (Å²) in [5.41, 5.74) is 10.4. The van der Waals surface area contributed by atoms with E-state index in [-0.39, 0.29) is 110 Å². The Hall–Kier alpha value is -8.24. The Morgan fingerprint density at radius 3 is 0.880 bits per heavy atom. The zero-order valence-corrected chi connectivity index (χ0v) is 86.5. The van der Waals surface area contributed by atoms with E-state index in [1.54, 1.807) is 24.5 Å². The van der Waals surface area contributed by atoms with Crippen molar-refractivity contribution in [1.82, 2.24) is 29.9 Å². The second kappa shape index (κ2) is 41.9. The minimum Gasteiger partial charge on any atom is -0.260 e. The van der Waals surface area contributed by atoms with Crippen LogP contribution in [0, 0.1) is 57.7 Å². The number of benzene rings is 4. The van der Waals surface area contributed by atoms with Crippen molar-refractivity contribution < 1.29 is 35.1 Å². The highest BCUT2D eigenvalue weighted by molar-refractivity contribution is 5.47. The molecule has 0 aliphatic carbocycles. The fourth-order valence-corrected chi connectivity index (χ4v) is 12.4. The summed E-state index contributed by atoms with van der Waals surface area (Å²) in [5.74, 6) is -0.677. The van der Waals surface area contributed by atoms with E-state index in [1.807, 2.05) is 230 Å². The molecule has 0 radical (unpaired) electrons. The topological polar surface area (TPSA) is 125 Å². The molecule has 0 fully saturated rings. The number of alkyl halides is 2. The summed E-state index contributed by atoms with van der Waals surface area (Å²) in [7, 11) is 0. The van der Waals surface area contributed by atoms with Crippen LogP contribution in [-0.2, 0) is 86.6 Å². The molecule has 16 heteroatoms. The van der Waals surface area contributed by atoms with Gasteiger partial charge in [0.15, 0.2) is 0 Å². The van der Waals surface area contributed by atoms with Crippen LogP contribution in [0.25, 0.3) is 0 Å². The quantitative estimate of drug-likeness (QED) is 0.118. The second-order valence-corrected chi connectivity index (χ2v) is 49.6. The molecule has 4 aromatic carbocycles. The summed E-state index contributed by atoms with van der Waals surface area (Å²) in [6.45, 7) is 96.8. The van der Waals surface area contributed by atoms with Crippen molar-refractivity contribution >= 4 is 0 Å². The van der Waals surface area contributed by atoms with Gasteiger partial charge in [0.25, 0.3) is 6.43 Å². The van der Waals surface area contributed by atoms with E-state index in [0.717, 1.165) is 50.5 Å². The van der Waals surface area contributed by atoms with Crippen molar-refractivity contribution in [3.63, 3.8) is 0 Å². The van der Waals surface area contributed by atoms with E-state index in [0.29, 0.717) is 33.8 Å². The lowest BCUT2D eigenvalue weighted by Crippen LogP contribution is -2.21. The smallest absolute Gasteiger partial charge is 0.260 e. The van der Waals surface area contributed by atoms with Gasteiger partial charge in [-0.25, -0.2) is 50.7 Å². The Morgan fingerprint density at radius 1 is 0.248 bits per heavy atom. The highest BCUT2D eigenvalue weighted by Gasteiger charge is 2.33. The van der Waals surface area contributed by atoms with E-state index < -0.39 is 29.4 Å². The predicted octanol–water partition coefficient (Wildman–Crippen LogP) is 32.1. The Balaban J connectivity index is 0.000000715. The lowest BCUT2D eigenvalue weighted by atomic mass is 9.79. The van der Waals surface area contributed by atoms with Crippen LogP contribution in [0.1, 0.15) is 445 Å². The van der Waals surface area contributed by atoms with Gasteiger partial charge in [-0.15, -0.1) is 0 Å². The molecule has 0 saturated carbocycles. The third-order valence-electron chi connectivity index (χ3n) is 20.5. The third kappa shape index (κ3) is 36.4. The number of hydrogen-bond acceptors (Lipinski definition) is 8. The number of halogens is 8. The Labute approximate surface area is 754 Å². The SMILES string of the molecule is CC(C)(C)c1cc(C#N)c(C(C)(C)C)cn1.CC(C)(C)c1cc(F)c(C(C)(C)C)c(F)c1.CC(C)(C)c1cc(F)c(C(C)(C)C)cc1F.CC(C)(C)c1ccc(C(C)(C)C)c(C#N)c1.CC(C)(C)c1ccc(C(C)(C)C)c(C(F)F)c1.CC(C)(C)c1cnc(C(C)(C)C)c(F)c1.CC(C)(C)c1cnc(C(C)(C)C)nc1.CC(C)(C)c1ncc(C(C)(C)C)c(F)n1. The molecule has 4 heterocycles. The molecular formula is C109H162F8N8. The number of aromatic nitrogens is 6. The van der Waals surface area contributed by atoms with Crippen molar-refractivity contribution in [1.29, 1.82) is 10.5 Å². The first kappa shape index (κ1) is 115. The summed E-state index contributed by atoms with van der Waals surface area (Å²) < 4.78 is 109. The number of rotatable bonds is 1. The van der Waals surface area contributed by atoms with Crippen LogP contribution >= 0.6 is 0 Å². The standard InChI is InChI=1S/C15H22F2.C15H21N.2C14H20F2.C14H20N2.C13H20FN.C12H19FN2.C12H20N2/c1-14(2,3)10-7-8-12(15(4,5)6)11(9-10)13(16)17;1-14(2,3)12-7-8-13(15(4,5)6)11(9-12)10-16;1-13(2,3)9-7-12(16)10(8-11(9)15)14(4,5)6;1-13(2,3)9-7-10(15)12(11(16)8-9)14(4,5)6;1-13(2,3)11-9-16-12(14(4,5)6)7-10(11)8-15;1-12(2,3)9-7-10(14)11(15-8-9)13(4,5)6;1-11(2,3)8-7-14-10(12(4,5)6)15-9(8)13;1-11(2,3)9-7-13-10(14-8-9)12(4,5)6/h7-9,13H,1-6H3;7-9H,1-6H3;2*7-8H,1-6H3;7,9H,1-6H3;7-8H,1-6H3;7H,1-6H3;7-8H,1-6H3. The molecule has 694 valence electrons. The average molecular weight is 1740 g/mol. The fourth-order valence-electron chi connectivity index (χ4n) is 12.4. The number of nitrogens with zero attached hydrogens (tertiary/aromatic N) is 8. The lowest BCUT2D eigenvalue weighted by molar-refractivity contribution is 0.148. The molecule has 0 unspecified atom stereocenters. The number of nitriles is 2. The highest BCUT2D eigenvalue weighted by Crippen LogP contribution is 2.40. The average Bonchev–Trinajstić information content (AvgIpc) is 0.789. The van der Waals surface area contributed by atoms with Crippen molar-refractivity contribution in [2.24, 2.45) is 0 Å². The third-order valence-corrected chi connectivity index (χ3v) is 20.5. The van der Waals surface area contributed by atoms with Gasteiger partial charge in [0, 0.05) is 75.0 Å². The first-order valence-electron chi connectivity index (χ1n) is 43.8. The van der Waals surface area contributed by atoms with Crippen molar-refractivity contribution in [3.05, 3.63) is 245 Å². The van der Waals surface area contributed by atoms with Crippen molar-refractivity contribution in [2.45, 2.75) is 425 Å². The van der Waals surface area contributed by atoms with Gasteiger partial charge in [-0.2, -0.15) is 14.9 Å². The molecule has 125 heavy (non-hydrogen) atoms. The monoisotopic (exact) mass is 1740 g/mol. The van der Waals surface area contributed by atoms with Gasteiger partial charge in [-0.3, -0.25) is 9.97 Å². The molecule has 8 rings (SSSR count). The first-order valence-corrected chi connectivity index (χ1v) is 43.8. The van der Waals surface area contributed by atoms with E-state index in [1.165, 1.54) is 35.4 Å². The lowest BCUT2D eigenvalue weighted by Gasteiger charge is -2.26. The van der Waals surface area contributed by atoms with Crippen LogP contribution in [0.3, 0.4) is 0 Å². The number of hydrogen-bond donors (Lipinski definition) is 0. The highest BCUT2D eigenvalue weighted by atomic mass is 19.3. The van der Waals surface area contributed by atoms with Gasteiger partial charge in [0.1, 0.15) is 40.7 Å². The summed E-state index contributed by atoms with van der Waals surface area (Å²) in [5, 5.41) is 18.4. The van der Waals surface area contributed by atoms with Crippen molar-refractivity contribution in [2.75, 3.05) is 0 Å². The zero-order valence-electron chi connectivity index (χ0n) is 86.5. The van der Waals surface area contributed by atoms with Crippen LogP contribution in [0.5, 0.6) is 0 Å². The molecule has 0 N–H and O–H groups in total. The van der Waals surface area contributed by atoms with Crippen LogP contribution < -0.4 is 0 Å². The molecule has 4 aromatic heterocycles. The van der Waals surface area contributed by atoms with Gasteiger partial charge < -0.3 is 0 Å². The van der Waals surface area contributed by atoms with E-state index >= 15 is 0 Å². The Morgan fingerprint density at radius 2 is 0.576 bits per heavy atom. The fraction of sp³-hybridized carbons (Fsp3) is 0.596. The molecule has 0 amide bonds. The summed E-state index contributed by atoms with van der Waals surface area (Å²) >= 11 is 0. The van der Waals surface area contributed by atoms with Gasteiger partial charge in [-0.1, -0.05) is 357 Å². The molecule has 8 aromatic rings. The molecule has 0 aliphatic rings. The summed E-state index contributed by atoms with van der Waals surface area (Å²) in [4.78, 5) is 25.7. The molecular weight excluding hydrogens is 1570 g/mol. The minimum atomic E-state index is -2.41. The molecule has 8 nitrogen and oxygen atoms in total. The second-order valence-electron chi connectivity index (χ2n) is 49.6. The predicted molar refractivity (Wildman–Crippen MR) is 512 cm³/mol. The minimum absolute atomic E-state index is 0.0119. The van der Waals surface area contributed by atoms with Gasteiger partial charge in [-0.05, 0) is 169 Å². The van der Waals surface area contributed by atoms with Gasteiger partial charge >= 0.3 is 0 Å². The summed E-state index contributed by atoms with van der Waals surface area (Å²) in [6, 6.07) is 25.4. The van der Waals surface area contributed by atoms with Crippen LogP contribution in [0.15, 0.2) is 104 Å². The maximum absolute atomic E-state index is 13.9. The number of pyridine rings is 2. The van der Waals surface area contributed by atoms with Crippen LogP contribution in [0.2, 0.25) is 0 Å². The normalized spacial score (nSPS) is 12.9. The maximum Gasteiger partial charge on any atom is 0.264 e. The molecule has 0 aliphatic heterocycles. The van der Waals surface area contributed by atoms with Gasteiger partial charge in [0.05, 0.1) is 29.0 Å². The molecule has 0 atom stereocenters. The Bertz CT molecular complexity index is 4660. The van der Waals surface area contributed by atoms with Gasteiger partial charge in [0.2, 0.25) is 5.95 Å². The van der Waals surface area contributed by atoms with Crippen molar-refractivity contribution in [3.8, 4) is 12.1 Å². The van der Waals surface area contributed by atoms with E-state index in [2.05, 4.69) is 200 Å². The molecule has 0 saturated heterocycles. The van der Waals surface area contributed by atoms with Crippen LogP contribution in [0.4, 0.5) is 35.1 Å².